The highest BCUT2D eigenvalue weighted by molar-refractivity contribution is 5.80. The van der Waals surface area contributed by atoms with Gasteiger partial charge in [-0.2, -0.15) is 0 Å². The van der Waals surface area contributed by atoms with Gasteiger partial charge in [0.15, 0.2) is 0 Å². The van der Waals surface area contributed by atoms with Crippen LogP contribution >= 0.6 is 0 Å². The van der Waals surface area contributed by atoms with E-state index < -0.39 is 4.92 Å². The Morgan fingerprint density at radius 3 is 3.00 bits per heavy atom. The zero-order valence-corrected chi connectivity index (χ0v) is 8.33. The van der Waals surface area contributed by atoms with Gasteiger partial charge in [-0.3, -0.25) is 15.1 Å². The van der Waals surface area contributed by atoms with Crippen LogP contribution in [0.1, 0.15) is 12.5 Å². The van der Waals surface area contributed by atoms with Crippen molar-refractivity contribution < 1.29 is 10.0 Å². The van der Waals surface area contributed by atoms with Crippen molar-refractivity contribution in [3.05, 3.63) is 39.9 Å². The number of hydrogen-bond acceptors (Lipinski definition) is 4. The van der Waals surface area contributed by atoms with Crippen molar-refractivity contribution in [2.24, 2.45) is 4.99 Å². The fourth-order valence-corrected chi connectivity index (χ4v) is 0.979. The molecule has 0 saturated heterocycles. The number of aliphatic hydroxyl groups excluding tert-OH is 1. The molecule has 1 rings (SSSR count). The molecule has 1 aromatic carbocycles. The summed E-state index contributed by atoms with van der Waals surface area (Å²) in [4.78, 5) is 14.0. The predicted molar refractivity (Wildman–Crippen MR) is 57.2 cm³/mol. The minimum Gasteiger partial charge on any atom is -0.394 e. The number of rotatable bonds is 4. The molecule has 15 heavy (non-hydrogen) atoms. The molecule has 0 aliphatic carbocycles. The van der Waals surface area contributed by atoms with Crippen LogP contribution in [-0.2, 0) is 0 Å². The Kier molecular flexibility index (Phi) is 3.93. The molecule has 0 radical (unpaired) electrons. The number of nitrogens with zero attached hydrogens (tertiary/aromatic N) is 2. The third-order valence-corrected chi connectivity index (χ3v) is 1.82. The molecule has 1 N–H and O–H groups in total. The van der Waals surface area contributed by atoms with Gasteiger partial charge in [0.2, 0.25) is 0 Å². The van der Waals surface area contributed by atoms with E-state index in [-0.39, 0.29) is 18.3 Å². The molecule has 1 unspecified atom stereocenters. The second-order valence-corrected chi connectivity index (χ2v) is 3.16. The third kappa shape index (κ3) is 3.47. The van der Waals surface area contributed by atoms with Gasteiger partial charge in [-0.1, -0.05) is 12.1 Å². The van der Waals surface area contributed by atoms with Crippen LogP contribution in [0.3, 0.4) is 0 Å². The first-order valence-electron chi connectivity index (χ1n) is 4.52. The second-order valence-electron chi connectivity index (χ2n) is 3.16. The van der Waals surface area contributed by atoms with E-state index in [9.17, 15) is 10.1 Å². The number of non-ortho nitro benzene ring substituents is 1. The smallest absolute Gasteiger partial charge is 0.270 e. The normalized spacial score (nSPS) is 12.9. The molecule has 0 aliphatic heterocycles. The van der Waals surface area contributed by atoms with Crippen molar-refractivity contribution in [1.82, 2.24) is 0 Å². The summed E-state index contributed by atoms with van der Waals surface area (Å²) in [6.07, 6.45) is 1.52. The topological polar surface area (TPSA) is 75.7 Å². The molecule has 0 bridgehead atoms. The monoisotopic (exact) mass is 208 g/mol. The van der Waals surface area contributed by atoms with Gasteiger partial charge in [-0.15, -0.1) is 0 Å². The maximum Gasteiger partial charge on any atom is 0.270 e. The van der Waals surface area contributed by atoms with Gasteiger partial charge in [-0.05, 0) is 12.5 Å². The number of hydrogen-bond donors (Lipinski definition) is 1. The standard InChI is InChI=1S/C10H12N2O3/c1-8(7-13)11-6-9-3-2-4-10(5-9)12(14)15/h2-6,8,13H,7H2,1H3/b11-6+. The van der Waals surface area contributed by atoms with Gasteiger partial charge < -0.3 is 5.11 Å². The van der Waals surface area contributed by atoms with Gasteiger partial charge >= 0.3 is 0 Å². The van der Waals surface area contributed by atoms with Crippen LogP contribution in [0.4, 0.5) is 5.69 Å². The summed E-state index contributed by atoms with van der Waals surface area (Å²) in [5.74, 6) is 0. The first-order valence-corrected chi connectivity index (χ1v) is 4.52. The summed E-state index contributed by atoms with van der Waals surface area (Å²) < 4.78 is 0. The molecule has 0 heterocycles. The largest absolute Gasteiger partial charge is 0.394 e. The SMILES string of the molecule is CC(CO)/N=C/c1cccc([N+](=O)[O-])c1. The Balaban J connectivity index is 2.82. The average Bonchev–Trinajstić information content (AvgIpc) is 2.26. The van der Waals surface area contributed by atoms with Crippen LogP contribution in [0.15, 0.2) is 29.3 Å². The summed E-state index contributed by atoms with van der Waals surface area (Å²) >= 11 is 0. The van der Waals surface area contributed by atoms with Gasteiger partial charge in [-0.25, -0.2) is 0 Å². The van der Waals surface area contributed by atoms with Crippen molar-refractivity contribution in [2.45, 2.75) is 13.0 Å². The van der Waals surface area contributed by atoms with Gasteiger partial charge in [0.25, 0.3) is 5.69 Å². The highest BCUT2D eigenvalue weighted by atomic mass is 16.6. The van der Waals surface area contributed by atoms with Crippen LogP contribution in [0.2, 0.25) is 0 Å². The first kappa shape index (κ1) is 11.3. The molecular formula is C10H12N2O3. The van der Waals surface area contributed by atoms with Crippen molar-refractivity contribution >= 4 is 11.9 Å². The minimum absolute atomic E-state index is 0.0363. The molecule has 0 saturated carbocycles. The lowest BCUT2D eigenvalue weighted by atomic mass is 10.2. The maximum absolute atomic E-state index is 10.5. The van der Waals surface area contributed by atoms with E-state index >= 15 is 0 Å². The highest BCUT2D eigenvalue weighted by Crippen LogP contribution is 2.11. The van der Waals surface area contributed by atoms with Crippen LogP contribution in [0.25, 0.3) is 0 Å². The molecular weight excluding hydrogens is 196 g/mol. The first-order chi connectivity index (χ1) is 7.13. The Hall–Kier alpha value is -1.75. The Morgan fingerprint density at radius 2 is 2.40 bits per heavy atom. The summed E-state index contributed by atoms with van der Waals surface area (Å²) in [6.45, 7) is 1.72. The lowest BCUT2D eigenvalue weighted by molar-refractivity contribution is -0.384. The lowest BCUT2D eigenvalue weighted by Gasteiger charge is -1.99. The molecule has 80 valence electrons. The predicted octanol–water partition coefficient (Wildman–Crippen LogP) is 1.39. The molecule has 0 fully saturated rings. The van der Waals surface area contributed by atoms with E-state index in [4.69, 9.17) is 5.11 Å². The van der Waals surface area contributed by atoms with E-state index in [0.717, 1.165) is 0 Å². The lowest BCUT2D eigenvalue weighted by Crippen LogP contribution is -2.04. The van der Waals surface area contributed by atoms with Crippen LogP contribution in [0, 0.1) is 10.1 Å². The molecule has 1 atom stereocenters. The molecule has 1 aromatic rings. The fourth-order valence-electron chi connectivity index (χ4n) is 0.979. The number of nitro groups is 1. The van der Waals surface area contributed by atoms with Crippen LogP contribution in [-0.4, -0.2) is 28.9 Å². The van der Waals surface area contributed by atoms with Gasteiger partial charge in [0.05, 0.1) is 17.6 Å². The zero-order valence-electron chi connectivity index (χ0n) is 8.33. The molecule has 0 aromatic heterocycles. The number of nitro benzene ring substituents is 1. The molecule has 0 aliphatic rings. The summed E-state index contributed by atoms with van der Waals surface area (Å²) in [7, 11) is 0. The van der Waals surface area contributed by atoms with Crippen molar-refractivity contribution in [2.75, 3.05) is 6.61 Å². The zero-order chi connectivity index (χ0) is 11.3. The molecule has 5 heteroatoms. The van der Waals surface area contributed by atoms with Crippen molar-refractivity contribution in [3.8, 4) is 0 Å². The Bertz CT molecular complexity index is 377. The second kappa shape index (κ2) is 5.21. The number of benzene rings is 1. The summed E-state index contributed by atoms with van der Waals surface area (Å²) in [6, 6.07) is 5.99. The van der Waals surface area contributed by atoms with E-state index in [0.29, 0.717) is 5.56 Å². The van der Waals surface area contributed by atoms with Crippen molar-refractivity contribution in [1.29, 1.82) is 0 Å². The molecule has 0 amide bonds. The van der Waals surface area contributed by atoms with E-state index in [1.54, 1.807) is 19.1 Å². The quantitative estimate of drug-likeness (QED) is 0.461. The van der Waals surface area contributed by atoms with E-state index in [1.807, 2.05) is 0 Å². The van der Waals surface area contributed by atoms with Gasteiger partial charge in [0, 0.05) is 18.3 Å². The number of aliphatic imine (C=N–C) groups is 1. The number of aliphatic hydroxyl groups is 1. The third-order valence-electron chi connectivity index (χ3n) is 1.82. The average molecular weight is 208 g/mol. The van der Waals surface area contributed by atoms with Crippen molar-refractivity contribution in [3.63, 3.8) is 0 Å². The highest BCUT2D eigenvalue weighted by Gasteiger charge is 2.04. The summed E-state index contributed by atoms with van der Waals surface area (Å²) in [5.41, 5.74) is 0.695. The Labute approximate surface area is 87.2 Å². The maximum atomic E-state index is 10.5. The van der Waals surface area contributed by atoms with Gasteiger partial charge in [0.1, 0.15) is 0 Å². The Morgan fingerprint density at radius 1 is 1.67 bits per heavy atom. The van der Waals surface area contributed by atoms with E-state index in [1.165, 1.54) is 18.3 Å². The van der Waals surface area contributed by atoms with Crippen LogP contribution < -0.4 is 0 Å². The van der Waals surface area contributed by atoms with Crippen LogP contribution in [0.5, 0.6) is 0 Å². The molecule has 5 nitrogen and oxygen atoms in total. The fraction of sp³-hybridized carbons (Fsp3) is 0.300. The summed E-state index contributed by atoms with van der Waals surface area (Å²) in [5, 5.41) is 19.2. The minimum atomic E-state index is -0.452. The van der Waals surface area contributed by atoms with E-state index in [2.05, 4.69) is 4.99 Å². The molecule has 0 spiro atoms.